The molecule has 21 heavy (non-hydrogen) atoms. The Kier molecular flexibility index (Phi) is 4.17. The van der Waals surface area contributed by atoms with Gasteiger partial charge in [-0.1, -0.05) is 48.0 Å². The number of thioether (sulfide) groups is 1. The highest BCUT2D eigenvalue weighted by atomic mass is 35.5. The van der Waals surface area contributed by atoms with Gasteiger partial charge in [0.05, 0.1) is 5.02 Å². The molecule has 1 aliphatic rings. The summed E-state index contributed by atoms with van der Waals surface area (Å²) in [5.74, 6) is 0.886. The average Bonchev–Trinajstić information content (AvgIpc) is 2.63. The molecule has 5 heteroatoms. The lowest BCUT2D eigenvalue weighted by Crippen LogP contribution is -2.10. The fraction of sp³-hybridized carbons (Fsp3) is 0.250. The number of fused-ring (bicyclic) bond motifs is 2. The van der Waals surface area contributed by atoms with Gasteiger partial charge in [-0.2, -0.15) is 0 Å². The summed E-state index contributed by atoms with van der Waals surface area (Å²) < 4.78 is 0. The molecule has 108 valence electrons. The maximum Gasteiger partial charge on any atom is 0.204 e. The maximum atomic E-state index is 10.8. The molecule has 0 aliphatic carbocycles. The van der Waals surface area contributed by atoms with Gasteiger partial charge in [0.1, 0.15) is 0 Å². The van der Waals surface area contributed by atoms with Crippen LogP contribution in [0, 0.1) is 10.1 Å². The third-order valence-corrected chi connectivity index (χ3v) is 5.40. The van der Waals surface area contributed by atoms with Crippen LogP contribution >= 0.6 is 23.4 Å². The SMILES string of the molecule is O=[N+]([O-])CCC1c2ccccc2CSc2c(Cl)cccc21. The molecule has 0 amide bonds. The zero-order valence-corrected chi connectivity index (χ0v) is 12.9. The zero-order chi connectivity index (χ0) is 14.8. The summed E-state index contributed by atoms with van der Waals surface area (Å²) in [5.41, 5.74) is 3.54. The number of nitrogens with zero attached hydrogens (tertiary/aromatic N) is 1. The largest absolute Gasteiger partial charge is 0.265 e. The molecule has 1 atom stereocenters. The van der Waals surface area contributed by atoms with E-state index in [2.05, 4.69) is 12.1 Å². The second-order valence-corrected chi connectivity index (χ2v) is 6.44. The Morgan fingerprint density at radius 2 is 1.95 bits per heavy atom. The van der Waals surface area contributed by atoms with Gasteiger partial charge < -0.3 is 0 Å². The fourth-order valence-corrected chi connectivity index (χ4v) is 4.31. The molecule has 1 aliphatic heterocycles. The Balaban J connectivity index is 2.10. The first kappa shape index (κ1) is 14.4. The molecule has 1 unspecified atom stereocenters. The Morgan fingerprint density at radius 1 is 1.19 bits per heavy atom. The van der Waals surface area contributed by atoms with Gasteiger partial charge in [-0.05, 0) is 22.8 Å². The van der Waals surface area contributed by atoms with Crippen molar-refractivity contribution in [1.82, 2.24) is 0 Å². The Bertz CT molecular complexity index is 690. The molecule has 1 heterocycles. The lowest BCUT2D eigenvalue weighted by molar-refractivity contribution is -0.480. The summed E-state index contributed by atoms with van der Waals surface area (Å²) >= 11 is 8.05. The van der Waals surface area contributed by atoms with Crippen molar-refractivity contribution in [2.24, 2.45) is 0 Å². The van der Waals surface area contributed by atoms with Crippen LogP contribution in [0.5, 0.6) is 0 Å². The highest BCUT2D eigenvalue weighted by Crippen LogP contribution is 2.44. The minimum Gasteiger partial charge on any atom is -0.265 e. The van der Waals surface area contributed by atoms with E-state index in [-0.39, 0.29) is 17.4 Å². The van der Waals surface area contributed by atoms with Crippen molar-refractivity contribution in [2.45, 2.75) is 23.0 Å². The van der Waals surface area contributed by atoms with Gasteiger partial charge in [0.15, 0.2) is 0 Å². The molecule has 0 N–H and O–H groups in total. The van der Waals surface area contributed by atoms with Crippen LogP contribution in [-0.2, 0) is 5.75 Å². The molecular formula is C16H14ClNO2S. The van der Waals surface area contributed by atoms with E-state index < -0.39 is 0 Å². The van der Waals surface area contributed by atoms with Crippen molar-refractivity contribution in [3.63, 3.8) is 0 Å². The van der Waals surface area contributed by atoms with Crippen molar-refractivity contribution in [1.29, 1.82) is 0 Å². The summed E-state index contributed by atoms with van der Waals surface area (Å²) in [5, 5.41) is 11.5. The van der Waals surface area contributed by atoms with Crippen LogP contribution in [0.3, 0.4) is 0 Å². The van der Waals surface area contributed by atoms with E-state index in [1.807, 2.05) is 30.3 Å². The van der Waals surface area contributed by atoms with Gasteiger partial charge in [-0.3, -0.25) is 10.1 Å². The predicted molar refractivity (Wildman–Crippen MR) is 85.8 cm³/mol. The minimum absolute atomic E-state index is 0.0321. The first-order chi connectivity index (χ1) is 10.2. The van der Waals surface area contributed by atoms with Crippen LogP contribution in [0.4, 0.5) is 0 Å². The van der Waals surface area contributed by atoms with Crippen molar-refractivity contribution in [2.75, 3.05) is 6.54 Å². The lowest BCUT2D eigenvalue weighted by atomic mass is 9.86. The van der Waals surface area contributed by atoms with Gasteiger partial charge in [0, 0.05) is 27.9 Å². The number of hydrogen-bond donors (Lipinski definition) is 0. The van der Waals surface area contributed by atoms with Crippen LogP contribution in [0.2, 0.25) is 5.02 Å². The van der Waals surface area contributed by atoms with Gasteiger partial charge in [0.25, 0.3) is 0 Å². The van der Waals surface area contributed by atoms with Crippen LogP contribution < -0.4 is 0 Å². The van der Waals surface area contributed by atoms with Gasteiger partial charge in [0.2, 0.25) is 6.54 Å². The smallest absolute Gasteiger partial charge is 0.204 e. The molecule has 0 fully saturated rings. The van der Waals surface area contributed by atoms with Gasteiger partial charge >= 0.3 is 0 Å². The summed E-state index contributed by atoms with van der Waals surface area (Å²) in [6.45, 7) is -0.0321. The predicted octanol–water partition coefficient (Wildman–Crippen LogP) is 4.74. The Labute approximate surface area is 132 Å². The van der Waals surface area contributed by atoms with Crippen molar-refractivity contribution in [3.05, 3.63) is 74.3 Å². The molecule has 0 radical (unpaired) electrons. The Hall–Kier alpha value is -1.52. The zero-order valence-electron chi connectivity index (χ0n) is 11.3. The molecule has 2 aromatic rings. The van der Waals surface area contributed by atoms with E-state index in [9.17, 15) is 10.1 Å². The maximum absolute atomic E-state index is 10.8. The molecule has 3 nitrogen and oxygen atoms in total. The quantitative estimate of drug-likeness (QED) is 0.606. The molecule has 3 rings (SSSR count). The van der Waals surface area contributed by atoms with E-state index in [0.29, 0.717) is 6.42 Å². The molecular weight excluding hydrogens is 306 g/mol. The van der Waals surface area contributed by atoms with Crippen molar-refractivity contribution >= 4 is 23.4 Å². The summed E-state index contributed by atoms with van der Waals surface area (Å²) in [7, 11) is 0. The molecule has 0 aromatic heterocycles. The van der Waals surface area contributed by atoms with Crippen molar-refractivity contribution < 1.29 is 4.92 Å². The van der Waals surface area contributed by atoms with Gasteiger partial charge in [-0.15, -0.1) is 11.8 Å². The first-order valence-corrected chi connectivity index (χ1v) is 8.14. The third kappa shape index (κ3) is 2.92. The van der Waals surface area contributed by atoms with Crippen LogP contribution in [0.1, 0.15) is 29.0 Å². The second kappa shape index (κ2) is 6.08. The summed E-state index contributed by atoms with van der Waals surface area (Å²) in [4.78, 5) is 11.6. The number of halogens is 1. The number of hydrogen-bond acceptors (Lipinski definition) is 3. The molecule has 0 bridgehead atoms. The van der Waals surface area contributed by atoms with E-state index in [0.717, 1.165) is 21.2 Å². The number of rotatable bonds is 3. The normalized spacial score (nSPS) is 16.7. The highest BCUT2D eigenvalue weighted by Gasteiger charge is 2.26. The van der Waals surface area contributed by atoms with E-state index in [4.69, 9.17) is 11.6 Å². The standard InChI is InChI=1S/C16H14ClNO2S/c17-15-7-3-6-14-13(8-9-18(19)20)12-5-2-1-4-11(12)10-21-16(14)15/h1-7,13H,8-10H2. The Morgan fingerprint density at radius 3 is 2.76 bits per heavy atom. The van der Waals surface area contributed by atoms with Crippen molar-refractivity contribution in [3.8, 4) is 0 Å². The summed E-state index contributed by atoms with van der Waals surface area (Å²) in [6, 6.07) is 14.0. The first-order valence-electron chi connectivity index (χ1n) is 6.77. The molecule has 0 spiro atoms. The number of benzene rings is 2. The summed E-state index contributed by atoms with van der Waals surface area (Å²) in [6.07, 6.45) is 0.498. The average molecular weight is 320 g/mol. The topological polar surface area (TPSA) is 43.1 Å². The monoisotopic (exact) mass is 319 g/mol. The lowest BCUT2D eigenvalue weighted by Gasteiger charge is -2.18. The fourth-order valence-electron chi connectivity index (χ4n) is 2.82. The van der Waals surface area contributed by atoms with Crippen LogP contribution in [-0.4, -0.2) is 11.5 Å². The molecule has 0 saturated heterocycles. The second-order valence-electron chi connectivity index (χ2n) is 5.04. The van der Waals surface area contributed by atoms with Crippen LogP contribution in [0.15, 0.2) is 47.4 Å². The molecule has 0 saturated carbocycles. The number of nitro groups is 1. The van der Waals surface area contributed by atoms with E-state index in [1.165, 1.54) is 11.1 Å². The minimum atomic E-state index is -0.245. The van der Waals surface area contributed by atoms with E-state index >= 15 is 0 Å². The van der Waals surface area contributed by atoms with Crippen LogP contribution in [0.25, 0.3) is 0 Å². The highest BCUT2D eigenvalue weighted by molar-refractivity contribution is 7.98. The van der Waals surface area contributed by atoms with Gasteiger partial charge in [-0.25, -0.2) is 0 Å². The molecule has 2 aromatic carbocycles. The third-order valence-electron chi connectivity index (χ3n) is 3.78. The van der Waals surface area contributed by atoms with E-state index in [1.54, 1.807) is 11.8 Å².